The van der Waals surface area contributed by atoms with Crippen molar-refractivity contribution >= 4 is 5.91 Å². The molecule has 1 aromatic rings. The molecular weight excluding hydrogens is 224 g/mol. The number of nitrogens with one attached hydrogen (secondary N) is 1. The number of carbonyl (C=O) groups is 1. The zero-order valence-electron chi connectivity index (χ0n) is 11.2. The molecule has 1 aromatic carbocycles. The summed E-state index contributed by atoms with van der Waals surface area (Å²) in [5, 5.41) is 11.7. The van der Waals surface area contributed by atoms with Gasteiger partial charge in [0.15, 0.2) is 0 Å². The van der Waals surface area contributed by atoms with Crippen molar-refractivity contribution in [2.75, 3.05) is 0 Å². The Bertz CT molecular complexity index is 446. The first kappa shape index (κ1) is 14.2. The van der Waals surface area contributed by atoms with Gasteiger partial charge in [0.2, 0.25) is 0 Å². The molecule has 0 aliphatic rings. The summed E-state index contributed by atoms with van der Waals surface area (Å²) in [5.74, 6) is 0.537. The molecule has 0 aliphatic heterocycles. The van der Waals surface area contributed by atoms with Crippen molar-refractivity contribution in [3.8, 4) is 6.07 Å². The van der Waals surface area contributed by atoms with Crippen LogP contribution in [0, 0.1) is 17.2 Å². The second-order valence-corrected chi connectivity index (χ2v) is 5.04. The van der Waals surface area contributed by atoms with Gasteiger partial charge in [0.1, 0.15) is 0 Å². The van der Waals surface area contributed by atoms with E-state index >= 15 is 0 Å². The van der Waals surface area contributed by atoms with Gasteiger partial charge in [-0.15, -0.1) is 0 Å². The molecule has 1 N–H and O–H groups in total. The first-order valence-corrected chi connectivity index (χ1v) is 6.34. The van der Waals surface area contributed by atoms with Crippen molar-refractivity contribution in [2.24, 2.45) is 5.92 Å². The van der Waals surface area contributed by atoms with Gasteiger partial charge in [-0.2, -0.15) is 5.26 Å². The van der Waals surface area contributed by atoms with E-state index in [4.69, 9.17) is 5.26 Å². The average molecular weight is 244 g/mol. The highest BCUT2D eigenvalue weighted by Crippen LogP contribution is 2.08. The summed E-state index contributed by atoms with van der Waals surface area (Å²) in [6.45, 7) is 6.35. The van der Waals surface area contributed by atoms with Crippen molar-refractivity contribution in [3.05, 3.63) is 35.4 Å². The van der Waals surface area contributed by atoms with E-state index in [2.05, 4.69) is 19.2 Å². The molecule has 0 aliphatic carbocycles. The number of hydrogen-bond donors (Lipinski definition) is 1. The molecule has 0 fully saturated rings. The van der Waals surface area contributed by atoms with Crippen LogP contribution in [-0.2, 0) is 0 Å². The number of amides is 1. The largest absolute Gasteiger partial charge is 0.350 e. The SMILES string of the molecule is CC(C)CCC(C)NC(=O)c1cccc(C#N)c1. The topological polar surface area (TPSA) is 52.9 Å². The summed E-state index contributed by atoms with van der Waals surface area (Å²) in [7, 11) is 0. The summed E-state index contributed by atoms with van der Waals surface area (Å²) in [4.78, 5) is 11.9. The van der Waals surface area contributed by atoms with Crippen molar-refractivity contribution in [1.29, 1.82) is 5.26 Å². The van der Waals surface area contributed by atoms with Crippen molar-refractivity contribution in [3.63, 3.8) is 0 Å². The molecule has 3 nitrogen and oxygen atoms in total. The predicted octanol–water partition coefficient (Wildman–Crippen LogP) is 3.11. The standard InChI is InChI=1S/C15H20N2O/c1-11(2)7-8-12(3)17-15(18)14-6-4-5-13(9-14)10-16/h4-6,9,11-12H,7-8H2,1-3H3,(H,17,18). The van der Waals surface area contributed by atoms with Gasteiger partial charge in [-0.1, -0.05) is 19.9 Å². The van der Waals surface area contributed by atoms with Gasteiger partial charge in [0, 0.05) is 11.6 Å². The second-order valence-electron chi connectivity index (χ2n) is 5.04. The highest BCUT2D eigenvalue weighted by molar-refractivity contribution is 5.94. The van der Waals surface area contributed by atoms with Crippen LogP contribution >= 0.6 is 0 Å². The van der Waals surface area contributed by atoms with Crippen LogP contribution in [0.3, 0.4) is 0 Å². The number of nitrogens with zero attached hydrogens (tertiary/aromatic N) is 1. The minimum absolute atomic E-state index is 0.108. The molecule has 0 heterocycles. The summed E-state index contributed by atoms with van der Waals surface area (Å²) >= 11 is 0. The average Bonchev–Trinajstić information content (AvgIpc) is 2.36. The highest BCUT2D eigenvalue weighted by Gasteiger charge is 2.10. The van der Waals surface area contributed by atoms with Gasteiger partial charge < -0.3 is 5.32 Å². The maximum atomic E-state index is 11.9. The zero-order valence-corrected chi connectivity index (χ0v) is 11.2. The lowest BCUT2D eigenvalue weighted by molar-refractivity contribution is 0.0937. The quantitative estimate of drug-likeness (QED) is 0.865. The van der Waals surface area contributed by atoms with E-state index in [-0.39, 0.29) is 11.9 Å². The van der Waals surface area contributed by atoms with E-state index in [0.29, 0.717) is 17.0 Å². The van der Waals surface area contributed by atoms with Crippen LogP contribution in [0.2, 0.25) is 0 Å². The molecule has 1 atom stereocenters. The van der Waals surface area contributed by atoms with Gasteiger partial charge in [-0.25, -0.2) is 0 Å². The summed E-state index contributed by atoms with van der Waals surface area (Å²) in [6, 6.07) is 8.96. The van der Waals surface area contributed by atoms with Gasteiger partial charge in [0.25, 0.3) is 5.91 Å². The molecule has 0 spiro atoms. The molecule has 0 saturated carbocycles. The van der Waals surface area contributed by atoms with E-state index in [1.807, 2.05) is 13.0 Å². The van der Waals surface area contributed by atoms with Crippen LogP contribution in [0.25, 0.3) is 0 Å². The smallest absolute Gasteiger partial charge is 0.251 e. The van der Waals surface area contributed by atoms with Crippen molar-refractivity contribution in [2.45, 2.75) is 39.7 Å². The lowest BCUT2D eigenvalue weighted by Crippen LogP contribution is -2.32. The zero-order chi connectivity index (χ0) is 13.5. The third kappa shape index (κ3) is 4.58. The number of hydrogen-bond acceptors (Lipinski definition) is 2. The highest BCUT2D eigenvalue weighted by atomic mass is 16.1. The maximum absolute atomic E-state index is 11.9. The third-order valence-electron chi connectivity index (χ3n) is 2.81. The number of carbonyl (C=O) groups excluding carboxylic acids is 1. The molecule has 1 rings (SSSR count). The van der Waals surface area contributed by atoms with Crippen LogP contribution in [0.5, 0.6) is 0 Å². The molecule has 96 valence electrons. The van der Waals surface area contributed by atoms with Gasteiger partial charge >= 0.3 is 0 Å². The summed E-state index contributed by atoms with van der Waals surface area (Å²) < 4.78 is 0. The normalized spacial score (nSPS) is 11.9. The minimum atomic E-state index is -0.108. The summed E-state index contributed by atoms with van der Waals surface area (Å²) in [5.41, 5.74) is 1.06. The van der Waals surface area contributed by atoms with E-state index < -0.39 is 0 Å². The molecule has 0 saturated heterocycles. The third-order valence-corrected chi connectivity index (χ3v) is 2.81. The minimum Gasteiger partial charge on any atom is -0.350 e. The maximum Gasteiger partial charge on any atom is 0.251 e. The predicted molar refractivity (Wildman–Crippen MR) is 72.2 cm³/mol. The van der Waals surface area contributed by atoms with Crippen LogP contribution < -0.4 is 5.32 Å². The Hall–Kier alpha value is -1.82. The van der Waals surface area contributed by atoms with Gasteiger partial charge in [-0.05, 0) is 43.9 Å². The fraction of sp³-hybridized carbons (Fsp3) is 0.467. The number of benzene rings is 1. The Morgan fingerprint density at radius 2 is 2.06 bits per heavy atom. The first-order valence-electron chi connectivity index (χ1n) is 6.34. The summed E-state index contributed by atoms with van der Waals surface area (Å²) in [6.07, 6.45) is 2.07. The molecular formula is C15H20N2O. The Morgan fingerprint density at radius 1 is 1.33 bits per heavy atom. The van der Waals surface area contributed by atoms with Crippen LogP contribution in [-0.4, -0.2) is 11.9 Å². The van der Waals surface area contributed by atoms with Crippen LogP contribution in [0.4, 0.5) is 0 Å². The Labute approximate surface area is 109 Å². The van der Waals surface area contributed by atoms with E-state index in [1.54, 1.807) is 24.3 Å². The van der Waals surface area contributed by atoms with Crippen LogP contribution in [0.1, 0.15) is 49.5 Å². The lowest BCUT2D eigenvalue weighted by Gasteiger charge is -2.15. The molecule has 18 heavy (non-hydrogen) atoms. The van der Waals surface area contributed by atoms with E-state index in [9.17, 15) is 4.79 Å². The lowest BCUT2D eigenvalue weighted by atomic mass is 10.0. The number of rotatable bonds is 5. The Morgan fingerprint density at radius 3 is 2.67 bits per heavy atom. The van der Waals surface area contributed by atoms with Gasteiger partial charge in [0.05, 0.1) is 11.6 Å². The molecule has 0 bridgehead atoms. The Kier molecular flexibility index (Phi) is 5.38. The number of nitriles is 1. The Balaban J connectivity index is 2.57. The molecule has 0 aromatic heterocycles. The first-order chi connectivity index (χ1) is 8.52. The monoisotopic (exact) mass is 244 g/mol. The van der Waals surface area contributed by atoms with Gasteiger partial charge in [-0.3, -0.25) is 4.79 Å². The fourth-order valence-electron chi connectivity index (χ4n) is 1.69. The van der Waals surface area contributed by atoms with E-state index in [0.717, 1.165) is 12.8 Å². The second kappa shape index (κ2) is 6.80. The van der Waals surface area contributed by atoms with Crippen molar-refractivity contribution in [1.82, 2.24) is 5.32 Å². The van der Waals surface area contributed by atoms with E-state index in [1.165, 1.54) is 0 Å². The fourth-order valence-corrected chi connectivity index (χ4v) is 1.69. The molecule has 1 amide bonds. The van der Waals surface area contributed by atoms with Crippen LogP contribution in [0.15, 0.2) is 24.3 Å². The van der Waals surface area contributed by atoms with Crippen molar-refractivity contribution < 1.29 is 4.79 Å². The molecule has 3 heteroatoms. The molecule has 1 unspecified atom stereocenters. The molecule has 0 radical (unpaired) electrons.